The minimum atomic E-state index is -0.892. The number of rotatable bonds is 3. The lowest BCUT2D eigenvalue weighted by molar-refractivity contribution is -0.108. The number of hydrogen-bond acceptors (Lipinski definition) is 2. The largest absolute Gasteiger partial charge is 0.508 e. The van der Waals surface area contributed by atoms with Crippen molar-refractivity contribution in [3.05, 3.63) is 65.2 Å². The van der Waals surface area contributed by atoms with Crippen molar-refractivity contribution in [3.63, 3.8) is 0 Å². The van der Waals surface area contributed by atoms with Gasteiger partial charge in [0.15, 0.2) is 0 Å². The second kappa shape index (κ2) is 4.96. The molecular weight excluding hydrogens is 238 g/mol. The van der Waals surface area contributed by atoms with Gasteiger partial charge in [-0.1, -0.05) is 12.1 Å². The summed E-state index contributed by atoms with van der Waals surface area (Å²) in [5.41, 5.74) is 0.488. The van der Waals surface area contributed by atoms with Crippen molar-refractivity contribution in [1.82, 2.24) is 0 Å². The molecule has 0 saturated heterocycles. The molecule has 0 heterocycles. The lowest BCUT2D eigenvalue weighted by Gasteiger charge is -2.13. The number of hydrogen-bond donors (Lipinski definition) is 1. The molecule has 0 spiro atoms. The quantitative estimate of drug-likeness (QED) is 0.848. The molecule has 0 amide bonds. The summed E-state index contributed by atoms with van der Waals surface area (Å²) in [7, 11) is 0. The van der Waals surface area contributed by atoms with Crippen LogP contribution in [0.4, 0.5) is 8.78 Å². The van der Waals surface area contributed by atoms with Gasteiger partial charge < -0.3 is 9.90 Å². The van der Waals surface area contributed by atoms with E-state index < -0.39 is 17.6 Å². The highest BCUT2D eigenvalue weighted by Crippen LogP contribution is 2.30. The Morgan fingerprint density at radius 1 is 1.06 bits per heavy atom. The van der Waals surface area contributed by atoms with Crippen molar-refractivity contribution in [2.24, 2.45) is 0 Å². The monoisotopic (exact) mass is 248 g/mol. The number of aldehydes is 1. The fraction of sp³-hybridized carbons (Fsp3) is 0.0714. The van der Waals surface area contributed by atoms with Crippen LogP contribution in [0.2, 0.25) is 0 Å². The summed E-state index contributed by atoms with van der Waals surface area (Å²) in [6.45, 7) is 0. The van der Waals surface area contributed by atoms with Crippen molar-refractivity contribution < 1.29 is 18.7 Å². The van der Waals surface area contributed by atoms with Crippen LogP contribution in [-0.2, 0) is 4.79 Å². The Bertz CT molecular complexity index is 582. The molecule has 0 aliphatic carbocycles. The average molecular weight is 248 g/mol. The van der Waals surface area contributed by atoms with Crippen molar-refractivity contribution in [2.75, 3.05) is 0 Å². The van der Waals surface area contributed by atoms with Crippen LogP contribution in [0.3, 0.4) is 0 Å². The third-order valence-corrected chi connectivity index (χ3v) is 2.67. The number of halogens is 2. The summed E-state index contributed by atoms with van der Waals surface area (Å²) in [6, 6.07) is 8.76. The summed E-state index contributed by atoms with van der Waals surface area (Å²) >= 11 is 0. The van der Waals surface area contributed by atoms with Gasteiger partial charge in [0.25, 0.3) is 0 Å². The summed E-state index contributed by atoms with van der Waals surface area (Å²) in [5, 5.41) is 9.65. The molecule has 0 aromatic heterocycles. The molecule has 0 saturated carbocycles. The van der Waals surface area contributed by atoms with Crippen LogP contribution < -0.4 is 0 Å². The van der Waals surface area contributed by atoms with Gasteiger partial charge in [0.2, 0.25) is 0 Å². The van der Waals surface area contributed by atoms with E-state index in [1.165, 1.54) is 24.3 Å². The Morgan fingerprint density at radius 3 is 2.44 bits per heavy atom. The zero-order valence-corrected chi connectivity index (χ0v) is 9.31. The number of aromatic hydroxyl groups is 1. The molecule has 1 atom stereocenters. The van der Waals surface area contributed by atoms with E-state index in [9.17, 15) is 18.7 Å². The SMILES string of the molecule is O=CC(c1cccc(F)c1)c1cc(F)ccc1O. The van der Waals surface area contributed by atoms with E-state index in [-0.39, 0.29) is 11.3 Å². The Labute approximate surface area is 103 Å². The maximum atomic E-state index is 13.1. The topological polar surface area (TPSA) is 37.3 Å². The predicted octanol–water partition coefficient (Wildman–Crippen LogP) is 3.00. The molecule has 2 nitrogen and oxygen atoms in total. The second-order valence-electron chi connectivity index (χ2n) is 3.87. The van der Waals surface area contributed by atoms with E-state index in [1.54, 1.807) is 6.07 Å². The van der Waals surface area contributed by atoms with E-state index in [2.05, 4.69) is 0 Å². The summed E-state index contributed by atoms with van der Waals surface area (Å²) in [6.07, 6.45) is 0.545. The molecule has 18 heavy (non-hydrogen) atoms. The van der Waals surface area contributed by atoms with Gasteiger partial charge >= 0.3 is 0 Å². The molecular formula is C14H10F2O2. The van der Waals surface area contributed by atoms with Gasteiger partial charge in [0.1, 0.15) is 23.7 Å². The summed E-state index contributed by atoms with van der Waals surface area (Å²) < 4.78 is 26.2. The third kappa shape index (κ3) is 2.37. The van der Waals surface area contributed by atoms with E-state index in [0.717, 1.165) is 12.1 Å². The molecule has 1 N–H and O–H groups in total. The van der Waals surface area contributed by atoms with Gasteiger partial charge in [-0.05, 0) is 35.9 Å². The van der Waals surface area contributed by atoms with Crippen molar-refractivity contribution in [2.45, 2.75) is 5.92 Å². The molecule has 0 fully saturated rings. The molecule has 0 aliphatic rings. The number of phenolic OH excluding ortho intramolecular Hbond substituents is 1. The van der Waals surface area contributed by atoms with Gasteiger partial charge in [-0.15, -0.1) is 0 Å². The number of benzene rings is 2. The van der Waals surface area contributed by atoms with Crippen LogP contribution in [-0.4, -0.2) is 11.4 Å². The minimum absolute atomic E-state index is 0.121. The number of carbonyl (C=O) groups excluding carboxylic acids is 1. The fourth-order valence-corrected chi connectivity index (χ4v) is 1.81. The summed E-state index contributed by atoms with van der Waals surface area (Å²) in [4.78, 5) is 11.1. The van der Waals surface area contributed by atoms with E-state index in [0.29, 0.717) is 11.8 Å². The van der Waals surface area contributed by atoms with Gasteiger partial charge in [-0.25, -0.2) is 8.78 Å². The number of phenols is 1. The van der Waals surface area contributed by atoms with E-state index in [4.69, 9.17) is 0 Å². The molecule has 0 aliphatic heterocycles. The Balaban J connectivity index is 2.51. The lowest BCUT2D eigenvalue weighted by Crippen LogP contribution is -2.03. The Kier molecular flexibility index (Phi) is 3.37. The zero-order valence-electron chi connectivity index (χ0n) is 9.31. The highest BCUT2D eigenvalue weighted by molar-refractivity contribution is 5.70. The highest BCUT2D eigenvalue weighted by Gasteiger charge is 2.18. The minimum Gasteiger partial charge on any atom is -0.508 e. The first-order valence-corrected chi connectivity index (χ1v) is 5.31. The Hall–Kier alpha value is -2.23. The van der Waals surface area contributed by atoms with Crippen LogP contribution in [0, 0.1) is 11.6 Å². The Morgan fingerprint density at radius 2 is 1.78 bits per heavy atom. The average Bonchev–Trinajstić information content (AvgIpc) is 2.35. The molecule has 2 aromatic rings. The molecule has 2 aromatic carbocycles. The van der Waals surface area contributed by atoms with Crippen LogP contribution in [0.15, 0.2) is 42.5 Å². The predicted molar refractivity (Wildman–Crippen MR) is 62.4 cm³/mol. The molecule has 0 bridgehead atoms. The third-order valence-electron chi connectivity index (χ3n) is 2.67. The second-order valence-corrected chi connectivity index (χ2v) is 3.87. The standard InChI is InChI=1S/C14H10F2O2/c15-10-3-1-2-9(6-10)13(8-17)12-7-11(16)4-5-14(12)18/h1-8,13,18H. The summed E-state index contributed by atoms with van der Waals surface area (Å²) in [5.74, 6) is -2.14. The van der Waals surface area contributed by atoms with Crippen LogP contribution >= 0.6 is 0 Å². The zero-order chi connectivity index (χ0) is 13.1. The first kappa shape index (κ1) is 12.2. The van der Waals surface area contributed by atoms with Gasteiger partial charge in [0.05, 0.1) is 5.92 Å². The molecule has 92 valence electrons. The van der Waals surface area contributed by atoms with Crippen molar-refractivity contribution >= 4 is 6.29 Å². The smallest absolute Gasteiger partial charge is 0.131 e. The van der Waals surface area contributed by atoms with Crippen molar-refractivity contribution in [3.8, 4) is 5.75 Å². The van der Waals surface area contributed by atoms with E-state index in [1.807, 2.05) is 0 Å². The first-order chi connectivity index (χ1) is 8.61. The van der Waals surface area contributed by atoms with Gasteiger partial charge in [-0.3, -0.25) is 0 Å². The maximum absolute atomic E-state index is 13.1. The van der Waals surface area contributed by atoms with E-state index >= 15 is 0 Å². The van der Waals surface area contributed by atoms with Crippen LogP contribution in [0.25, 0.3) is 0 Å². The fourth-order valence-electron chi connectivity index (χ4n) is 1.81. The molecule has 2 rings (SSSR count). The molecule has 4 heteroatoms. The first-order valence-electron chi connectivity index (χ1n) is 5.31. The molecule has 1 unspecified atom stereocenters. The van der Waals surface area contributed by atoms with Crippen molar-refractivity contribution in [1.29, 1.82) is 0 Å². The normalized spacial score (nSPS) is 12.1. The lowest BCUT2D eigenvalue weighted by atomic mass is 9.92. The highest BCUT2D eigenvalue weighted by atomic mass is 19.1. The van der Waals surface area contributed by atoms with Gasteiger partial charge in [-0.2, -0.15) is 0 Å². The van der Waals surface area contributed by atoms with Gasteiger partial charge in [0, 0.05) is 5.56 Å². The maximum Gasteiger partial charge on any atom is 0.131 e. The van der Waals surface area contributed by atoms with Crippen LogP contribution in [0.1, 0.15) is 17.0 Å². The molecule has 0 radical (unpaired) electrons. The van der Waals surface area contributed by atoms with Crippen LogP contribution in [0.5, 0.6) is 5.75 Å². The number of carbonyl (C=O) groups is 1.